The molecule has 1 aliphatic rings. The minimum absolute atomic E-state index is 0.425. The van der Waals surface area contributed by atoms with E-state index in [0.29, 0.717) is 23.7 Å². The fourth-order valence-electron chi connectivity index (χ4n) is 6.02. The lowest BCUT2D eigenvalue weighted by Gasteiger charge is -2.29. The van der Waals surface area contributed by atoms with Gasteiger partial charge < -0.3 is 4.74 Å². The molecule has 3 aromatic rings. The second kappa shape index (κ2) is 14.6. The number of unbranched alkanes of at least 4 members (excludes halogenated alkanes) is 4. The van der Waals surface area contributed by atoms with Crippen molar-refractivity contribution in [2.24, 2.45) is 5.92 Å². The van der Waals surface area contributed by atoms with Crippen LogP contribution in [0.5, 0.6) is 5.75 Å². The molecule has 202 valence electrons. The van der Waals surface area contributed by atoms with Crippen LogP contribution in [-0.2, 0) is 0 Å². The summed E-state index contributed by atoms with van der Waals surface area (Å²) in [5.74, 6) is 2.35. The molecule has 0 N–H and O–H groups in total. The van der Waals surface area contributed by atoms with E-state index in [-0.39, 0.29) is 0 Å². The molecule has 0 spiro atoms. The normalized spacial score (nSPS) is 16.8. The van der Waals surface area contributed by atoms with E-state index in [4.69, 9.17) is 4.74 Å². The third-order valence-electron chi connectivity index (χ3n) is 8.32. The Morgan fingerprint density at radius 2 is 1.23 bits per heavy atom. The molecule has 0 heterocycles. The first-order valence-corrected chi connectivity index (χ1v) is 15.0. The third-order valence-corrected chi connectivity index (χ3v) is 8.32. The maximum absolute atomic E-state index is 10.1. The van der Waals surface area contributed by atoms with Crippen LogP contribution >= 0.6 is 0 Å². The standard InChI is InChI=1S/C36H42N2O/c1-3-5-6-7-8-9-27-10-12-28(13-11-27)29-14-16-30(17-15-29)33-22-23-34(36(26-38)35(33)25-37)31-18-20-32(21-19-31)39-24-4-2/h14-23,27-28H,3-13,24H2,1-2H3/t27-,28-. The Labute approximate surface area is 235 Å². The van der Waals surface area contributed by atoms with Gasteiger partial charge in [0, 0.05) is 11.1 Å². The smallest absolute Gasteiger partial charge is 0.119 e. The Bertz CT molecular complexity index is 1270. The quantitative estimate of drug-likeness (QED) is 0.224. The van der Waals surface area contributed by atoms with Gasteiger partial charge in [0.2, 0.25) is 0 Å². The summed E-state index contributed by atoms with van der Waals surface area (Å²) < 4.78 is 5.69. The Balaban J connectivity index is 1.44. The van der Waals surface area contributed by atoms with Crippen LogP contribution in [0.4, 0.5) is 0 Å². The van der Waals surface area contributed by atoms with Crippen LogP contribution in [0.1, 0.15) is 107 Å². The zero-order chi connectivity index (χ0) is 27.5. The first kappa shape index (κ1) is 28.4. The summed E-state index contributed by atoms with van der Waals surface area (Å²) in [5, 5.41) is 20.1. The molecule has 0 saturated heterocycles. The number of hydrogen-bond acceptors (Lipinski definition) is 3. The van der Waals surface area contributed by atoms with Crippen LogP contribution in [0.25, 0.3) is 22.3 Å². The number of hydrogen-bond donors (Lipinski definition) is 0. The molecule has 4 rings (SSSR count). The maximum Gasteiger partial charge on any atom is 0.119 e. The van der Waals surface area contributed by atoms with Crippen molar-refractivity contribution < 1.29 is 4.74 Å². The van der Waals surface area contributed by atoms with Gasteiger partial charge in [-0.05, 0) is 72.8 Å². The highest BCUT2D eigenvalue weighted by Crippen LogP contribution is 2.39. The topological polar surface area (TPSA) is 56.8 Å². The molecule has 0 radical (unpaired) electrons. The van der Waals surface area contributed by atoms with Gasteiger partial charge in [0.1, 0.15) is 17.9 Å². The zero-order valence-electron chi connectivity index (χ0n) is 23.7. The van der Waals surface area contributed by atoms with Gasteiger partial charge in [0.15, 0.2) is 0 Å². The summed E-state index contributed by atoms with van der Waals surface area (Å²) in [4.78, 5) is 0. The molecule has 3 heteroatoms. The van der Waals surface area contributed by atoms with Crippen LogP contribution in [0.3, 0.4) is 0 Å². The van der Waals surface area contributed by atoms with Gasteiger partial charge in [-0.3, -0.25) is 0 Å². The van der Waals surface area contributed by atoms with Crippen LogP contribution < -0.4 is 4.74 Å². The second-order valence-corrected chi connectivity index (χ2v) is 11.0. The van der Waals surface area contributed by atoms with Crippen molar-refractivity contribution in [3.05, 3.63) is 77.4 Å². The van der Waals surface area contributed by atoms with Crippen molar-refractivity contribution in [1.29, 1.82) is 10.5 Å². The van der Waals surface area contributed by atoms with Crippen LogP contribution in [-0.4, -0.2) is 6.61 Å². The van der Waals surface area contributed by atoms with Gasteiger partial charge >= 0.3 is 0 Å². The number of nitriles is 2. The largest absolute Gasteiger partial charge is 0.494 e. The van der Waals surface area contributed by atoms with E-state index in [1.807, 2.05) is 36.4 Å². The van der Waals surface area contributed by atoms with E-state index >= 15 is 0 Å². The van der Waals surface area contributed by atoms with E-state index in [1.54, 1.807) is 0 Å². The molecule has 1 fully saturated rings. The summed E-state index contributed by atoms with van der Waals surface area (Å²) in [7, 11) is 0. The summed E-state index contributed by atoms with van der Waals surface area (Å²) in [6, 6.07) is 25.1. The van der Waals surface area contributed by atoms with E-state index in [9.17, 15) is 10.5 Å². The number of rotatable bonds is 12. The van der Waals surface area contributed by atoms with Crippen molar-refractivity contribution in [3.63, 3.8) is 0 Å². The average Bonchev–Trinajstić information content (AvgIpc) is 3.00. The van der Waals surface area contributed by atoms with Crippen LogP contribution in [0.15, 0.2) is 60.7 Å². The van der Waals surface area contributed by atoms with E-state index in [0.717, 1.165) is 40.3 Å². The minimum Gasteiger partial charge on any atom is -0.494 e. The van der Waals surface area contributed by atoms with Gasteiger partial charge in [-0.25, -0.2) is 0 Å². The predicted molar refractivity (Wildman–Crippen MR) is 161 cm³/mol. The predicted octanol–water partition coefficient (Wildman–Crippen LogP) is 10.2. The highest BCUT2D eigenvalue weighted by Gasteiger charge is 2.22. The molecule has 39 heavy (non-hydrogen) atoms. The van der Waals surface area contributed by atoms with Crippen LogP contribution in [0, 0.1) is 28.6 Å². The SMILES string of the molecule is CCCCCCC[C@H]1CC[C@H](c2ccc(-c3ccc(-c4ccc(OCCC)cc4)c(C#N)c3C#N)cc2)CC1. The lowest BCUT2D eigenvalue weighted by atomic mass is 9.77. The molecule has 1 aliphatic carbocycles. The summed E-state index contributed by atoms with van der Waals surface area (Å²) >= 11 is 0. The molecule has 3 aromatic carbocycles. The van der Waals surface area contributed by atoms with Crippen molar-refractivity contribution in [1.82, 2.24) is 0 Å². The van der Waals surface area contributed by atoms with E-state index < -0.39 is 0 Å². The molecule has 0 amide bonds. The summed E-state index contributed by atoms with van der Waals surface area (Å²) in [6.07, 6.45) is 14.5. The van der Waals surface area contributed by atoms with Crippen LogP contribution in [0.2, 0.25) is 0 Å². The van der Waals surface area contributed by atoms with Crippen molar-refractivity contribution in [3.8, 4) is 40.1 Å². The molecule has 0 aromatic heterocycles. The average molecular weight is 519 g/mol. The molecule has 0 aliphatic heterocycles. The zero-order valence-corrected chi connectivity index (χ0v) is 23.7. The number of nitrogens with zero attached hydrogens (tertiary/aromatic N) is 2. The highest BCUT2D eigenvalue weighted by atomic mass is 16.5. The molecule has 3 nitrogen and oxygen atoms in total. The second-order valence-electron chi connectivity index (χ2n) is 11.0. The van der Waals surface area contributed by atoms with Gasteiger partial charge in [0.05, 0.1) is 17.7 Å². The first-order valence-electron chi connectivity index (χ1n) is 15.0. The fourth-order valence-corrected chi connectivity index (χ4v) is 6.02. The fraction of sp³-hybridized carbons (Fsp3) is 0.444. The Hall–Kier alpha value is -3.56. The molecular weight excluding hydrogens is 476 g/mol. The molecule has 0 unspecified atom stereocenters. The maximum atomic E-state index is 10.1. The van der Waals surface area contributed by atoms with Crippen molar-refractivity contribution >= 4 is 0 Å². The highest BCUT2D eigenvalue weighted by molar-refractivity contribution is 5.82. The van der Waals surface area contributed by atoms with Crippen molar-refractivity contribution in [2.75, 3.05) is 6.61 Å². The minimum atomic E-state index is 0.425. The Morgan fingerprint density at radius 1 is 0.667 bits per heavy atom. The number of benzene rings is 3. The third kappa shape index (κ3) is 7.30. The van der Waals surface area contributed by atoms with Gasteiger partial charge in [-0.15, -0.1) is 0 Å². The van der Waals surface area contributed by atoms with E-state index in [2.05, 4.69) is 50.3 Å². The molecular formula is C36H42N2O. The first-order chi connectivity index (χ1) is 19.2. The lowest BCUT2D eigenvalue weighted by molar-refractivity contribution is 0.302. The summed E-state index contributed by atoms with van der Waals surface area (Å²) in [6.45, 7) is 5.03. The molecule has 0 bridgehead atoms. The lowest BCUT2D eigenvalue weighted by Crippen LogP contribution is -2.13. The molecule has 0 atom stereocenters. The monoisotopic (exact) mass is 518 g/mol. The van der Waals surface area contributed by atoms with Gasteiger partial charge in [-0.2, -0.15) is 10.5 Å². The molecule has 1 saturated carbocycles. The summed E-state index contributed by atoms with van der Waals surface area (Å²) in [5.41, 5.74) is 5.76. The Morgan fingerprint density at radius 3 is 1.77 bits per heavy atom. The van der Waals surface area contributed by atoms with Gasteiger partial charge in [-0.1, -0.05) is 101 Å². The Kier molecular flexibility index (Phi) is 10.6. The van der Waals surface area contributed by atoms with E-state index in [1.165, 1.54) is 69.8 Å². The van der Waals surface area contributed by atoms with Gasteiger partial charge in [0.25, 0.3) is 0 Å². The number of ether oxygens (including phenoxy) is 1. The van der Waals surface area contributed by atoms with Crippen molar-refractivity contribution in [2.45, 2.75) is 90.4 Å².